The molecule has 0 aliphatic carbocycles. The van der Waals surface area contributed by atoms with Crippen LogP contribution < -0.4 is 9.64 Å². The van der Waals surface area contributed by atoms with Gasteiger partial charge in [-0.25, -0.2) is 4.39 Å². The van der Waals surface area contributed by atoms with Gasteiger partial charge in [0.1, 0.15) is 18.8 Å². The third-order valence-corrected chi connectivity index (χ3v) is 4.10. The lowest BCUT2D eigenvalue weighted by atomic mass is 10.2. The minimum Gasteiger partial charge on any atom is -0.486 e. The minimum atomic E-state index is -0.462. The van der Waals surface area contributed by atoms with Crippen molar-refractivity contribution in [3.63, 3.8) is 0 Å². The quantitative estimate of drug-likeness (QED) is 0.514. The molecule has 0 spiro atoms. The molecule has 0 fully saturated rings. The van der Waals surface area contributed by atoms with Gasteiger partial charge >= 0.3 is 0 Å². The van der Waals surface area contributed by atoms with Crippen molar-refractivity contribution >= 4 is 28.2 Å². The largest absolute Gasteiger partial charge is 0.486 e. The summed E-state index contributed by atoms with van der Waals surface area (Å²) in [5.74, 6) is 0.695. The van der Waals surface area contributed by atoms with E-state index in [2.05, 4.69) is 21.8 Å². The van der Waals surface area contributed by atoms with E-state index < -0.39 is 5.82 Å². The monoisotopic (exact) mass is 349 g/mol. The van der Waals surface area contributed by atoms with Crippen molar-refractivity contribution in [2.75, 3.05) is 18.6 Å². The van der Waals surface area contributed by atoms with Crippen molar-refractivity contribution in [2.24, 2.45) is 0 Å². The highest BCUT2D eigenvalue weighted by molar-refractivity contribution is 5.94. The summed E-state index contributed by atoms with van der Waals surface area (Å²) in [7, 11) is 1.88. The van der Waals surface area contributed by atoms with E-state index in [4.69, 9.17) is 4.74 Å². The second kappa shape index (κ2) is 6.44. The zero-order valence-electron chi connectivity index (χ0n) is 14.1. The summed E-state index contributed by atoms with van der Waals surface area (Å²) >= 11 is 0. The fourth-order valence-corrected chi connectivity index (χ4v) is 2.84. The summed E-state index contributed by atoms with van der Waals surface area (Å²) in [5, 5.41) is 8.60. The number of fused-ring (bicyclic) bond motifs is 3. The van der Waals surface area contributed by atoms with E-state index in [0.29, 0.717) is 22.5 Å². The molecule has 0 amide bonds. The number of hydrogen-bond acceptors (Lipinski definition) is 5. The molecule has 0 radical (unpaired) electrons. The summed E-state index contributed by atoms with van der Waals surface area (Å²) in [6.07, 6.45) is 3.12. The summed E-state index contributed by atoms with van der Waals surface area (Å²) in [5.41, 5.74) is 1.64. The first kappa shape index (κ1) is 16.0. The molecule has 2 aromatic carbocycles. The van der Waals surface area contributed by atoms with Crippen LogP contribution in [0.4, 0.5) is 15.9 Å². The van der Waals surface area contributed by atoms with Gasteiger partial charge in [-0.1, -0.05) is 30.9 Å². The molecule has 26 heavy (non-hydrogen) atoms. The molecule has 0 saturated carbocycles. The highest BCUT2D eigenvalue weighted by Crippen LogP contribution is 2.33. The fourth-order valence-electron chi connectivity index (χ4n) is 2.84. The van der Waals surface area contributed by atoms with E-state index >= 15 is 0 Å². The van der Waals surface area contributed by atoms with Crippen LogP contribution in [0, 0.1) is 5.82 Å². The number of benzene rings is 2. The molecular formula is C19H16FN5O. The third-order valence-electron chi connectivity index (χ3n) is 4.10. The van der Waals surface area contributed by atoms with Crippen LogP contribution in [0.3, 0.4) is 0 Å². The Morgan fingerprint density at radius 1 is 1.27 bits per heavy atom. The van der Waals surface area contributed by atoms with Gasteiger partial charge in [0.05, 0.1) is 5.52 Å². The Hall–Kier alpha value is -3.48. The van der Waals surface area contributed by atoms with Crippen LogP contribution in [0.25, 0.3) is 16.7 Å². The Kier molecular flexibility index (Phi) is 3.96. The van der Waals surface area contributed by atoms with Gasteiger partial charge in [-0.15, -0.1) is 10.2 Å². The van der Waals surface area contributed by atoms with Crippen molar-refractivity contribution in [3.8, 4) is 5.75 Å². The van der Waals surface area contributed by atoms with Gasteiger partial charge in [0.15, 0.2) is 11.6 Å². The normalized spacial score (nSPS) is 11.0. The predicted octanol–water partition coefficient (Wildman–Crippen LogP) is 3.75. The lowest BCUT2D eigenvalue weighted by Crippen LogP contribution is -2.13. The Morgan fingerprint density at radius 2 is 2.08 bits per heavy atom. The maximum Gasteiger partial charge on any atom is 0.257 e. The minimum absolute atomic E-state index is 0.145. The van der Waals surface area contributed by atoms with E-state index in [-0.39, 0.29) is 12.4 Å². The Labute approximate surface area is 149 Å². The second-order valence-corrected chi connectivity index (χ2v) is 5.73. The number of aromatic nitrogens is 4. The maximum absolute atomic E-state index is 14.6. The molecular weight excluding hydrogens is 333 g/mol. The molecule has 4 aromatic rings. The number of rotatable bonds is 5. The van der Waals surface area contributed by atoms with Gasteiger partial charge in [-0.2, -0.15) is 4.98 Å². The molecule has 0 unspecified atom stereocenters. The average Bonchev–Trinajstić information content (AvgIpc) is 3.14. The molecule has 0 aliphatic rings. The molecule has 0 bridgehead atoms. The molecule has 7 heteroatoms. The standard InChI is InChI=1S/C19H16FN5O/c1-3-9-26-17-11-16-14(10-15(17)20)18(22-19-23-21-12-25(16)19)24(2)13-7-5-4-6-8-13/h3-8,10-12H,1,9H2,2H3. The number of halogens is 1. The number of ether oxygens (including phenoxy) is 1. The van der Waals surface area contributed by atoms with E-state index in [1.807, 2.05) is 42.3 Å². The first-order valence-electron chi connectivity index (χ1n) is 8.04. The van der Waals surface area contributed by atoms with Crippen LogP contribution in [0.5, 0.6) is 5.75 Å². The van der Waals surface area contributed by atoms with Crippen molar-refractivity contribution < 1.29 is 9.13 Å². The predicted molar refractivity (Wildman–Crippen MR) is 98.4 cm³/mol. The van der Waals surface area contributed by atoms with E-state index in [1.165, 1.54) is 6.07 Å². The van der Waals surface area contributed by atoms with Crippen LogP contribution in [0.1, 0.15) is 0 Å². The zero-order chi connectivity index (χ0) is 18.1. The van der Waals surface area contributed by atoms with Crippen molar-refractivity contribution in [1.29, 1.82) is 0 Å². The Balaban J connectivity index is 1.97. The molecule has 0 atom stereocenters. The van der Waals surface area contributed by atoms with Gasteiger partial charge < -0.3 is 9.64 Å². The maximum atomic E-state index is 14.6. The topological polar surface area (TPSA) is 55.5 Å². The second-order valence-electron chi connectivity index (χ2n) is 5.73. The SMILES string of the molecule is C=CCOc1cc2c(cc1F)c(N(C)c1ccccc1)nc1nncn12. The van der Waals surface area contributed by atoms with Crippen molar-refractivity contribution in [1.82, 2.24) is 19.6 Å². The summed E-state index contributed by atoms with van der Waals surface area (Å²) in [4.78, 5) is 6.45. The highest BCUT2D eigenvalue weighted by Gasteiger charge is 2.17. The smallest absolute Gasteiger partial charge is 0.257 e. The highest BCUT2D eigenvalue weighted by atomic mass is 19.1. The molecule has 6 nitrogen and oxygen atoms in total. The molecule has 0 saturated heterocycles. The Morgan fingerprint density at radius 3 is 2.85 bits per heavy atom. The van der Waals surface area contributed by atoms with E-state index in [1.54, 1.807) is 22.9 Å². The first-order chi connectivity index (χ1) is 12.7. The van der Waals surface area contributed by atoms with Gasteiger partial charge in [-0.05, 0) is 18.2 Å². The molecule has 2 heterocycles. The van der Waals surface area contributed by atoms with Crippen molar-refractivity contribution in [2.45, 2.75) is 0 Å². The fraction of sp³-hybridized carbons (Fsp3) is 0.105. The average molecular weight is 349 g/mol. The van der Waals surface area contributed by atoms with Gasteiger partial charge in [0, 0.05) is 24.2 Å². The summed E-state index contributed by atoms with van der Waals surface area (Å²) < 4.78 is 21.7. The van der Waals surface area contributed by atoms with Crippen LogP contribution in [-0.4, -0.2) is 33.2 Å². The molecule has 130 valence electrons. The summed E-state index contributed by atoms with van der Waals surface area (Å²) in [6.45, 7) is 3.81. The number of anilines is 2. The number of hydrogen-bond donors (Lipinski definition) is 0. The number of nitrogens with zero attached hydrogens (tertiary/aromatic N) is 5. The van der Waals surface area contributed by atoms with Gasteiger partial charge in [-0.3, -0.25) is 4.40 Å². The zero-order valence-corrected chi connectivity index (χ0v) is 14.1. The van der Waals surface area contributed by atoms with E-state index in [0.717, 1.165) is 5.69 Å². The lowest BCUT2D eigenvalue weighted by molar-refractivity contribution is 0.342. The summed E-state index contributed by atoms with van der Waals surface area (Å²) in [6, 6.07) is 12.8. The first-order valence-corrected chi connectivity index (χ1v) is 8.04. The Bertz CT molecular complexity index is 1090. The van der Waals surface area contributed by atoms with Gasteiger partial charge in [0.25, 0.3) is 5.78 Å². The molecule has 0 aliphatic heterocycles. The van der Waals surface area contributed by atoms with Crippen LogP contribution in [-0.2, 0) is 0 Å². The molecule has 0 N–H and O–H groups in total. The number of para-hydroxylation sites is 1. The molecule has 2 aromatic heterocycles. The van der Waals surface area contributed by atoms with Crippen LogP contribution >= 0.6 is 0 Å². The van der Waals surface area contributed by atoms with Crippen molar-refractivity contribution in [3.05, 3.63) is 67.3 Å². The third kappa shape index (κ3) is 2.63. The van der Waals surface area contributed by atoms with Gasteiger partial charge in [0.2, 0.25) is 0 Å². The van der Waals surface area contributed by atoms with Crippen LogP contribution in [0.15, 0.2) is 61.4 Å². The van der Waals surface area contributed by atoms with Crippen LogP contribution in [0.2, 0.25) is 0 Å². The lowest BCUT2D eigenvalue weighted by Gasteiger charge is -2.20. The van der Waals surface area contributed by atoms with E-state index in [9.17, 15) is 4.39 Å². The molecule has 4 rings (SSSR count).